The fourth-order valence-electron chi connectivity index (χ4n) is 0.978. The van der Waals surface area contributed by atoms with Crippen LogP contribution in [0.5, 0.6) is 0 Å². The quantitative estimate of drug-likeness (QED) is 0.678. The third kappa shape index (κ3) is 2.87. The van der Waals surface area contributed by atoms with Crippen LogP contribution in [0.25, 0.3) is 0 Å². The second-order valence-corrected chi connectivity index (χ2v) is 3.58. The number of hydrogen-bond acceptors (Lipinski definition) is 3. The Morgan fingerprint density at radius 3 is 2.77 bits per heavy atom. The SMILES string of the molecule is CC(C)(O)Cn1ccc(C(N)=O)n1. The van der Waals surface area contributed by atoms with Gasteiger partial charge in [0.25, 0.3) is 5.91 Å². The summed E-state index contributed by atoms with van der Waals surface area (Å²) in [5.41, 5.74) is 4.38. The molecule has 1 aromatic heterocycles. The zero-order valence-electron chi connectivity index (χ0n) is 7.69. The minimum absolute atomic E-state index is 0.212. The van der Waals surface area contributed by atoms with E-state index in [1.165, 1.54) is 10.7 Å². The third-order valence-corrected chi connectivity index (χ3v) is 1.44. The van der Waals surface area contributed by atoms with Gasteiger partial charge in [-0.3, -0.25) is 9.48 Å². The van der Waals surface area contributed by atoms with E-state index >= 15 is 0 Å². The highest BCUT2D eigenvalue weighted by Gasteiger charge is 2.14. The van der Waals surface area contributed by atoms with Crippen molar-refractivity contribution in [3.05, 3.63) is 18.0 Å². The first-order valence-electron chi connectivity index (χ1n) is 3.94. The first-order chi connectivity index (χ1) is 5.88. The lowest BCUT2D eigenvalue weighted by molar-refractivity contribution is 0.0574. The Morgan fingerprint density at radius 1 is 1.77 bits per heavy atom. The average molecular weight is 183 g/mol. The second-order valence-electron chi connectivity index (χ2n) is 3.58. The molecule has 0 atom stereocenters. The maximum Gasteiger partial charge on any atom is 0.269 e. The molecule has 3 N–H and O–H groups in total. The molecule has 1 heterocycles. The Hall–Kier alpha value is -1.36. The van der Waals surface area contributed by atoms with Crippen LogP contribution in [-0.4, -0.2) is 26.4 Å². The van der Waals surface area contributed by atoms with E-state index in [-0.39, 0.29) is 5.69 Å². The van der Waals surface area contributed by atoms with Crippen molar-refractivity contribution < 1.29 is 9.90 Å². The molecule has 1 amide bonds. The van der Waals surface area contributed by atoms with Crippen molar-refractivity contribution >= 4 is 5.91 Å². The summed E-state index contributed by atoms with van der Waals surface area (Å²) in [6, 6.07) is 1.52. The van der Waals surface area contributed by atoms with E-state index in [1.54, 1.807) is 20.0 Å². The molecule has 0 saturated carbocycles. The maximum absolute atomic E-state index is 10.7. The smallest absolute Gasteiger partial charge is 0.269 e. The molecule has 0 aromatic carbocycles. The minimum Gasteiger partial charge on any atom is -0.389 e. The van der Waals surface area contributed by atoms with E-state index < -0.39 is 11.5 Å². The van der Waals surface area contributed by atoms with Gasteiger partial charge in [0.15, 0.2) is 0 Å². The van der Waals surface area contributed by atoms with Crippen LogP contribution >= 0.6 is 0 Å². The van der Waals surface area contributed by atoms with Crippen LogP contribution in [0, 0.1) is 0 Å². The van der Waals surface area contributed by atoms with Crippen molar-refractivity contribution in [3.8, 4) is 0 Å². The molecule has 0 aliphatic rings. The van der Waals surface area contributed by atoms with Gasteiger partial charge in [-0.1, -0.05) is 0 Å². The van der Waals surface area contributed by atoms with Gasteiger partial charge in [-0.05, 0) is 19.9 Å². The molecular weight excluding hydrogens is 170 g/mol. The predicted octanol–water partition coefficient (Wildman–Crippen LogP) is -0.247. The minimum atomic E-state index is -0.846. The molecule has 5 heteroatoms. The Kier molecular flexibility index (Phi) is 2.38. The van der Waals surface area contributed by atoms with Crippen LogP contribution in [0.2, 0.25) is 0 Å². The Bertz CT molecular complexity index is 311. The normalized spacial score (nSPS) is 11.6. The molecule has 1 rings (SSSR count). The van der Waals surface area contributed by atoms with Crippen molar-refractivity contribution in [2.75, 3.05) is 0 Å². The van der Waals surface area contributed by atoms with Crippen LogP contribution in [0.1, 0.15) is 24.3 Å². The topological polar surface area (TPSA) is 81.1 Å². The largest absolute Gasteiger partial charge is 0.389 e. The molecule has 0 spiro atoms. The number of rotatable bonds is 3. The van der Waals surface area contributed by atoms with Crippen molar-refractivity contribution in [1.82, 2.24) is 9.78 Å². The summed E-state index contributed by atoms with van der Waals surface area (Å²) in [7, 11) is 0. The van der Waals surface area contributed by atoms with Crippen molar-refractivity contribution in [1.29, 1.82) is 0 Å². The average Bonchev–Trinajstić information content (AvgIpc) is 2.31. The van der Waals surface area contributed by atoms with Crippen LogP contribution in [0.3, 0.4) is 0 Å². The lowest BCUT2D eigenvalue weighted by atomic mass is 10.1. The molecule has 13 heavy (non-hydrogen) atoms. The van der Waals surface area contributed by atoms with Crippen LogP contribution < -0.4 is 5.73 Å². The lowest BCUT2D eigenvalue weighted by Gasteiger charge is -2.16. The molecule has 0 aliphatic carbocycles. The molecule has 0 bridgehead atoms. The number of hydrogen-bond donors (Lipinski definition) is 2. The lowest BCUT2D eigenvalue weighted by Crippen LogP contribution is -2.26. The number of aliphatic hydroxyl groups is 1. The summed E-state index contributed by atoms with van der Waals surface area (Å²) < 4.78 is 1.49. The molecule has 5 nitrogen and oxygen atoms in total. The van der Waals surface area contributed by atoms with Gasteiger partial charge >= 0.3 is 0 Å². The van der Waals surface area contributed by atoms with E-state index in [4.69, 9.17) is 5.73 Å². The fourth-order valence-corrected chi connectivity index (χ4v) is 0.978. The Balaban J connectivity index is 2.75. The number of carbonyl (C=O) groups is 1. The number of carbonyl (C=O) groups excluding carboxylic acids is 1. The van der Waals surface area contributed by atoms with E-state index in [1.807, 2.05) is 0 Å². The molecule has 1 aromatic rings. The van der Waals surface area contributed by atoms with Crippen molar-refractivity contribution in [3.63, 3.8) is 0 Å². The van der Waals surface area contributed by atoms with Crippen LogP contribution in [0.4, 0.5) is 0 Å². The van der Waals surface area contributed by atoms with Gasteiger partial charge in [-0.25, -0.2) is 0 Å². The maximum atomic E-state index is 10.7. The highest BCUT2D eigenvalue weighted by molar-refractivity contribution is 5.90. The zero-order chi connectivity index (χ0) is 10.1. The second kappa shape index (κ2) is 3.18. The molecule has 72 valence electrons. The molecular formula is C8H13N3O2. The first-order valence-corrected chi connectivity index (χ1v) is 3.94. The van der Waals surface area contributed by atoms with E-state index in [9.17, 15) is 9.90 Å². The zero-order valence-corrected chi connectivity index (χ0v) is 7.69. The summed E-state index contributed by atoms with van der Waals surface area (Å²) in [5.74, 6) is -0.561. The third-order valence-electron chi connectivity index (χ3n) is 1.44. The van der Waals surface area contributed by atoms with Crippen LogP contribution in [0.15, 0.2) is 12.3 Å². The summed E-state index contributed by atoms with van der Waals surface area (Å²) in [6.45, 7) is 3.66. The number of nitrogens with two attached hydrogens (primary N) is 1. The summed E-state index contributed by atoms with van der Waals surface area (Å²) in [5, 5.41) is 13.3. The van der Waals surface area contributed by atoms with Crippen molar-refractivity contribution in [2.45, 2.75) is 26.0 Å². The van der Waals surface area contributed by atoms with Crippen molar-refractivity contribution in [2.24, 2.45) is 5.73 Å². The summed E-state index contributed by atoms with van der Waals surface area (Å²) >= 11 is 0. The summed E-state index contributed by atoms with van der Waals surface area (Å²) in [4.78, 5) is 10.7. The van der Waals surface area contributed by atoms with E-state index in [2.05, 4.69) is 5.10 Å². The van der Waals surface area contributed by atoms with Crippen LogP contribution in [-0.2, 0) is 6.54 Å². The number of amides is 1. The van der Waals surface area contributed by atoms with E-state index in [0.717, 1.165) is 0 Å². The van der Waals surface area contributed by atoms with Gasteiger partial charge in [0.05, 0.1) is 12.1 Å². The monoisotopic (exact) mass is 183 g/mol. The van der Waals surface area contributed by atoms with Gasteiger partial charge < -0.3 is 10.8 Å². The molecule has 0 radical (unpaired) electrons. The first kappa shape index (κ1) is 9.73. The molecule has 0 unspecified atom stereocenters. The molecule has 0 saturated heterocycles. The predicted molar refractivity (Wildman–Crippen MR) is 47.0 cm³/mol. The standard InChI is InChI=1S/C8H13N3O2/c1-8(2,13)5-11-4-3-6(10-11)7(9)12/h3-4,13H,5H2,1-2H3,(H2,9,12). The van der Waals surface area contributed by atoms with Gasteiger partial charge in [-0.2, -0.15) is 5.10 Å². The van der Waals surface area contributed by atoms with Gasteiger partial charge in [-0.15, -0.1) is 0 Å². The number of primary amides is 1. The highest BCUT2D eigenvalue weighted by Crippen LogP contribution is 2.05. The molecule has 0 aliphatic heterocycles. The van der Waals surface area contributed by atoms with Gasteiger partial charge in [0, 0.05) is 6.20 Å². The highest BCUT2D eigenvalue weighted by atomic mass is 16.3. The Morgan fingerprint density at radius 2 is 2.38 bits per heavy atom. The van der Waals surface area contributed by atoms with E-state index in [0.29, 0.717) is 6.54 Å². The number of aromatic nitrogens is 2. The summed E-state index contributed by atoms with van der Waals surface area (Å²) in [6.07, 6.45) is 1.61. The number of nitrogens with zero attached hydrogens (tertiary/aromatic N) is 2. The fraction of sp³-hybridized carbons (Fsp3) is 0.500. The van der Waals surface area contributed by atoms with Gasteiger partial charge in [0.2, 0.25) is 0 Å². The molecule has 0 fully saturated rings. The Labute approximate surface area is 76.2 Å². The van der Waals surface area contributed by atoms with Gasteiger partial charge in [0.1, 0.15) is 5.69 Å².